The molecule has 21 heavy (non-hydrogen) atoms. The first-order valence-electron chi connectivity index (χ1n) is 6.63. The van der Waals surface area contributed by atoms with Crippen LogP contribution in [0.2, 0.25) is 0 Å². The standard InChI is InChI=1S/C14H22N2O4S/c1-14(2,12-7-5-4-6-8-12)11-15-21(19,20)16(3)10-9-13(17)18/h4-8,15H,9-11H2,1-3H3,(H,17,18). The molecular formula is C14H22N2O4S. The molecule has 0 bridgehead atoms. The Bertz CT molecular complexity index is 570. The average Bonchev–Trinajstić information content (AvgIpc) is 2.43. The fourth-order valence-electron chi connectivity index (χ4n) is 1.75. The number of benzene rings is 1. The van der Waals surface area contributed by atoms with Crippen molar-refractivity contribution in [2.45, 2.75) is 25.7 Å². The second-order valence-electron chi connectivity index (χ2n) is 5.54. The summed E-state index contributed by atoms with van der Waals surface area (Å²) in [5.41, 5.74) is 0.669. The van der Waals surface area contributed by atoms with Crippen LogP contribution in [0.15, 0.2) is 30.3 Å². The maximum atomic E-state index is 12.0. The maximum absolute atomic E-state index is 12.0. The third kappa shape index (κ3) is 5.45. The van der Waals surface area contributed by atoms with Crippen LogP contribution in [0.3, 0.4) is 0 Å². The molecule has 6 nitrogen and oxygen atoms in total. The Balaban J connectivity index is 2.66. The number of hydrogen-bond acceptors (Lipinski definition) is 3. The minimum Gasteiger partial charge on any atom is -0.481 e. The van der Waals surface area contributed by atoms with Crippen molar-refractivity contribution < 1.29 is 18.3 Å². The zero-order valence-electron chi connectivity index (χ0n) is 12.5. The van der Waals surface area contributed by atoms with Crippen molar-refractivity contribution in [3.63, 3.8) is 0 Å². The molecule has 0 spiro atoms. The van der Waals surface area contributed by atoms with Crippen molar-refractivity contribution in [1.29, 1.82) is 0 Å². The summed E-state index contributed by atoms with van der Waals surface area (Å²) in [5, 5.41) is 8.59. The number of nitrogens with one attached hydrogen (secondary N) is 1. The highest BCUT2D eigenvalue weighted by Gasteiger charge is 2.25. The van der Waals surface area contributed by atoms with Gasteiger partial charge in [0, 0.05) is 25.6 Å². The zero-order valence-corrected chi connectivity index (χ0v) is 13.4. The van der Waals surface area contributed by atoms with Crippen molar-refractivity contribution in [3.05, 3.63) is 35.9 Å². The van der Waals surface area contributed by atoms with Gasteiger partial charge in [-0.1, -0.05) is 44.2 Å². The summed E-state index contributed by atoms with van der Waals surface area (Å²) in [6, 6.07) is 9.61. The van der Waals surface area contributed by atoms with Crippen molar-refractivity contribution >= 4 is 16.2 Å². The van der Waals surface area contributed by atoms with Crippen LogP contribution in [0.5, 0.6) is 0 Å². The highest BCUT2D eigenvalue weighted by Crippen LogP contribution is 2.22. The van der Waals surface area contributed by atoms with Crippen molar-refractivity contribution in [3.8, 4) is 0 Å². The van der Waals surface area contributed by atoms with Crippen LogP contribution < -0.4 is 4.72 Å². The van der Waals surface area contributed by atoms with Crippen LogP contribution in [-0.2, 0) is 20.4 Å². The van der Waals surface area contributed by atoms with E-state index in [0.29, 0.717) is 0 Å². The van der Waals surface area contributed by atoms with E-state index in [2.05, 4.69) is 4.72 Å². The van der Waals surface area contributed by atoms with Crippen LogP contribution in [-0.4, -0.2) is 43.9 Å². The van der Waals surface area contributed by atoms with Crippen molar-refractivity contribution in [2.75, 3.05) is 20.1 Å². The minimum absolute atomic E-state index is 0.0591. The molecule has 0 saturated carbocycles. The molecule has 0 amide bonds. The van der Waals surface area contributed by atoms with Crippen molar-refractivity contribution in [2.24, 2.45) is 0 Å². The zero-order chi connectivity index (χ0) is 16.1. The molecule has 0 aliphatic rings. The predicted octanol–water partition coefficient (Wildman–Crippen LogP) is 1.21. The van der Waals surface area contributed by atoms with Crippen LogP contribution >= 0.6 is 0 Å². The Morgan fingerprint density at radius 3 is 2.38 bits per heavy atom. The van der Waals surface area contributed by atoms with E-state index in [0.717, 1.165) is 9.87 Å². The van der Waals surface area contributed by atoms with E-state index in [1.165, 1.54) is 7.05 Å². The quantitative estimate of drug-likeness (QED) is 0.755. The first-order chi connectivity index (χ1) is 9.65. The van der Waals surface area contributed by atoms with Crippen molar-refractivity contribution in [1.82, 2.24) is 9.03 Å². The number of nitrogens with zero attached hydrogens (tertiary/aromatic N) is 1. The van der Waals surface area contributed by atoms with Gasteiger partial charge in [-0.15, -0.1) is 0 Å². The second-order valence-corrected chi connectivity index (χ2v) is 7.40. The molecule has 1 rings (SSSR count). The summed E-state index contributed by atoms with van der Waals surface area (Å²) in [6.07, 6.45) is -0.223. The predicted molar refractivity (Wildman–Crippen MR) is 81.3 cm³/mol. The fraction of sp³-hybridized carbons (Fsp3) is 0.500. The normalized spacial score (nSPS) is 12.6. The van der Waals surface area contributed by atoms with Crippen LogP contribution in [0.4, 0.5) is 0 Å². The molecular weight excluding hydrogens is 292 g/mol. The molecule has 7 heteroatoms. The largest absolute Gasteiger partial charge is 0.481 e. The number of aliphatic carboxylic acids is 1. The number of carbonyl (C=O) groups is 1. The summed E-state index contributed by atoms with van der Waals surface area (Å²) in [5.74, 6) is -1.03. The average molecular weight is 314 g/mol. The highest BCUT2D eigenvalue weighted by atomic mass is 32.2. The van der Waals surface area contributed by atoms with Crippen LogP contribution in [0.1, 0.15) is 25.8 Å². The van der Waals surface area contributed by atoms with Gasteiger partial charge in [0.05, 0.1) is 6.42 Å². The fourth-order valence-corrected chi connectivity index (χ4v) is 2.84. The van der Waals surface area contributed by atoms with Crippen LogP contribution in [0.25, 0.3) is 0 Å². The molecule has 0 radical (unpaired) electrons. The topological polar surface area (TPSA) is 86.7 Å². The van der Waals surface area contributed by atoms with E-state index in [4.69, 9.17) is 5.11 Å². The lowest BCUT2D eigenvalue weighted by Gasteiger charge is -2.27. The Kier molecular flexibility index (Phi) is 5.88. The lowest BCUT2D eigenvalue weighted by Crippen LogP contribution is -2.44. The summed E-state index contributed by atoms with van der Waals surface area (Å²) in [6.45, 7) is 4.07. The lowest BCUT2D eigenvalue weighted by atomic mass is 9.85. The van der Waals surface area contributed by atoms with Gasteiger partial charge < -0.3 is 5.11 Å². The molecule has 118 valence electrons. The molecule has 0 saturated heterocycles. The molecule has 1 aromatic carbocycles. The van der Waals surface area contributed by atoms with Gasteiger partial charge in [0.1, 0.15) is 0 Å². The number of carboxylic acid groups (broad SMARTS) is 1. The Labute approximate surface area is 126 Å². The first kappa shape index (κ1) is 17.6. The van der Waals surface area contributed by atoms with Gasteiger partial charge in [0.2, 0.25) is 0 Å². The summed E-state index contributed by atoms with van der Waals surface area (Å²) >= 11 is 0. The summed E-state index contributed by atoms with van der Waals surface area (Å²) in [7, 11) is -2.32. The Hall–Kier alpha value is -1.44. The number of carboxylic acids is 1. The number of rotatable bonds is 8. The highest BCUT2D eigenvalue weighted by molar-refractivity contribution is 7.87. The molecule has 0 heterocycles. The molecule has 0 aromatic heterocycles. The van der Waals surface area contributed by atoms with E-state index in [1.54, 1.807) is 0 Å². The summed E-state index contributed by atoms with van der Waals surface area (Å²) < 4.78 is 27.6. The second kappa shape index (κ2) is 7.02. The number of hydrogen-bond donors (Lipinski definition) is 2. The minimum atomic E-state index is -3.68. The van der Waals surface area contributed by atoms with E-state index in [-0.39, 0.29) is 24.9 Å². The third-order valence-corrected chi connectivity index (χ3v) is 4.82. The van der Waals surface area contributed by atoms with Gasteiger partial charge >= 0.3 is 5.97 Å². The molecule has 0 atom stereocenters. The molecule has 2 N–H and O–H groups in total. The lowest BCUT2D eigenvalue weighted by molar-refractivity contribution is -0.137. The van der Waals surface area contributed by atoms with E-state index < -0.39 is 16.2 Å². The molecule has 0 unspecified atom stereocenters. The van der Waals surface area contributed by atoms with Gasteiger partial charge in [0.15, 0.2) is 0 Å². The molecule has 0 fully saturated rings. The van der Waals surface area contributed by atoms with Gasteiger partial charge in [-0.05, 0) is 5.56 Å². The van der Waals surface area contributed by atoms with E-state index >= 15 is 0 Å². The van der Waals surface area contributed by atoms with Gasteiger partial charge in [0.25, 0.3) is 10.2 Å². The summed E-state index contributed by atoms with van der Waals surface area (Å²) in [4.78, 5) is 10.5. The van der Waals surface area contributed by atoms with E-state index in [1.807, 2.05) is 44.2 Å². The van der Waals surface area contributed by atoms with Gasteiger partial charge in [-0.25, -0.2) is 4.72 Å². The Morgan fingerprint density at radius 2 is 1.86 bits per heavy atom. The van der Waals surface area contributed by atoms with Gasteiger partial charge in [-0.3, -0.25) is 4.79 Å². The SMILES string of the molecule is CN(CCC(=O)O)S(=O)(=O)NCC(C)(C)c1ccccc1. The van der Waals surface area contributed by atoms with Gasteiger partial charge in [-0.2, -0.15) is 12.7 Å². The monoisotopic (exact) mass is 314 g/mol. The molecule has 0 aliphatic heterocycles. The Morgan fingerprint density at radius 1 is 1.29 bits per heavy atom. The van der Waals surface area contributed by atoms with Crippen LogP contribution in [0, 0.1) is 0 Å². The third-order valence-electron chi connectivity index (χ3n) is 3.30. The van der Waals surface area contributed by atoms with E-state index in [9.17, 15) is 13.2 Å². The smallest absolute Gasteiger partial charge is 0.304 e. The molecule has 1 aromatic rings. The first-order valence-corrected chi connectivity index (χ1v) is 8.07. The maximum Gasteiger partial charge on any atom is 0.304 e. The molecule has 0 aliphatic carbocycles.